The van der Waals surface area contributed by atoms with Gasteiger partial charge in [0.05, 0.1) is 36.5 Å². The van der Waals surface area contributed by atoms with E-state index in [0.717, 1.165) is 0 Å². The van der Waals surface area contributed by atoms with Crippen molar-refractivity contribution < 1.29 is 28.7 Å². The van der Waals surface area contributed by atoms with Crippen LogP contribution in [0, 0.1) is 16.0 Å². The number of rotatable bonds is 9. The van der Waals surface area contributed by atoms with E-state index in [9.17, 15) is 19.7 Å². The number of esters is 2. The highest BCUT2D eigenvalue weighted by Crippen LogP contribution is 2.45. The molecular weight excluding hydrogens is 534 g/mol. The smallest absolute Gasteiger partial charge is 0.336 e. The van der Waals surface area contributed by atoms with Crippen molar-refractivity contribution in [3.8, 4) is 27.6 Å². The first-order valence-corrected chi connectivity index (χ1v) is 13.6. The molecule has 0 spiro atoms. The predicted octanol–water partition coefficient (Wildman–Crippen LogP) is 5.97. The summed E-state index contributed by atoms with van der Waals surface area (Å²) >= 11 is 1.35. The number of aromatic nitrogens is 1. The minimum absolute atomic E-state index is 0.155. The molecule has 0 aliphatic carbocycles. The Labute approximate surface area is 235 Å². The minimum atomic E-state index is -0.840. The third-order valence-corrected chi connectivity index (χ3v) is 7.44. The monoisotopic (exact) mass is 563 g/mol. The fourth-order valence-corrected chi connectivity index (χ4v) is 5.75. The van der Waals surface area contributed by atoms with Gasteiger partial charge in [0.2, 0.25) is 0 Å². The van der Waals surface area contributed by atoms with Crippen LogP contribution >= 0.6 is 11.3 Å². The number of ether oxygens (including phenoxy) is 3. The van der Waals surface area contributed by atoms with E-state index in [1.807, 2.05) is 24.3 Å². The van der Waals surface area contributed by atoms with Gasteiger partial charge in [0.25, 0.3) is 0 Å². The number of aliphatic imine (C=N–C) groups is 1. The molecule has 2 atom stereocenters. The summed E-state index contributed by atoms with van der Waals surface area (Å²) in [6.45, 7) is 7.27. The summed E-state index contributed by atoms with van der Waals surface area (Å²) < 4.78 is 15.9. The van der Waals surface area contributed by atoms with Crippen molar-refractivity contribution in [1.29, 1.82) is 0 Å². The Bertz CT molecular complexity index is 1530. The van der Waals surface area contributed by atoms with Gasteiger partial charge in [0.15, 0.2) is 5.75 Å². The van der Waals surface area contributed by atoms with Crippen molar-refractivity contribution in [3.63, 3.8) is 0 Å². The van der Waals surface area contributed by atoms with Crippen LogP contribution in [0.2, 0.25) is 0 Å². The normalized spacial score (nSPS) is 16.8. The van der Waals surface area contributed by atoms with Crippen molar-refractivity contribution in [2.75, 3.05) is 20.3 Å². The number of thiazole rings is 1. The molecule has 10 nitrogen and oxygen atoms in total. The third kappa shape index (κ3) is 5.50. The van der Waals surface area contributed by atoms with Gasteiger partial charge in [0, 0.05) is 39.9 Å². The van der Waals surface area contributed by atoms with Crippen LogP contribution in [0.3, 0.4) is 0 Å². The van der Waals surface area contributed by atoms with Gasteiger partial charge >= 0.3 is 17.6 Å². The molecule has 1 aliphatic rings. The van der Waals surface area contributed by atoms with Crippen LogP contribution in [0.5, 0.6) is 5.75 Å². The third-order valence-electron chi connectivity index (χ3n) is 6.57. The number of nitro groups is 1. The lowest BCUT2D eigenvalue weighted by atomic mass is 9.74. The van der Waals surface area contributed by atoms with Gasteiger partial charge in [-0.1, -0.05) is 24.3 Å². The van der Waals surface area contributed by atoms with Gasteiger partial charge in [-0.05, 0) is 45.4 Å². The van der Waals surface area contributed by atoms with Crippen molar-refractivity contribution in [1.82, 2.24) is 4.98 Å². The van der Waals surface area contributed by atoms with Crippen LogP contribution in [0.1, 0.15) is 39.2 Å². The SMILES string of the molecule is CCOC(=O)C1=C(C)N=C(C)C(C(=O)OCC)C1c1ccccc1-c1nc(-c2ccc(OC)c([N+](=O)[O-])c2)cs1. The maximum Gasteiger partial charge on any atom is 0.336 e. The maximum atomic E-state index is 13.2. The highest BCUT2D eigenvalue weighted by atomic mass is 32.1. The maximum absolute atomic E-state index is 13.2. The number of hydrogen-bond donors (Lipinski definition) is 0. The molecule has 0 fully saturated rings. The first kappa shape index (κ1) is 28.6. The summed E-state index contributed by atoms with van der Waals surface area (Å²) in [6.07, 6.45) is 0. The van der Waals surface area contributed by atoms with E-state index in [1.54, 1.807) is 39.1 Å². The molecular formula is C29H29N3O7S. The Hall–Kier alpha value is -4.38. The van der Waals surface area contributed by atoms with Crippen molar-refractivity contribution in [2.24, 2.45) is 10.9 Å². The van der Waals surface area contributed by atoms with Gasteiger partial charge in [-0.2, -0.15) is 0 Å². The van der Waals surface area contributed by atoms with Gasteiger partial charge in [-0.3, -0.25) is 19.9 Å². The average molecular weight is 564 g/mol. The predicted molar refractivity (Wildman–Crippen MR) is 151 cm³/mol. The van der Waals surface area contributed by atoms with Gasteiger partial charge in [-0.25, -0.2) is 9.78 Å². The Kier molecular flexibility index (Phi) is 8.73. The summed E-state index contributed by atoms with van der Waals surface area (Å²) in [5.41, 5.74) is 3.64. The Morgan fingerprint density at radius 2 is 1.80 bits per heavy atom. The number of hydrogen-bond acceptors (Lipinski definition) is 10. The molecule has 1 aliphatic heterocycles. The van der Waals surface area contributed by atoms with Crippen LogP contribution in [0.15, 0.2) is 64.1 Å². The van der Waals surface area contributed by atoms with Crippen molar-refractivity contribution in [3.05, 3.63) is 74.8 Å². The van der Waals surface area contributed by atoms with E-state index in [4.69, 9.17) is 19.2 Å². The number of carbonyl (C=O) groups is 2. The van der Waals surface area contributed by atoms with Crippen LogP contribution in [-0.2, 0) is 19.1 Å². The molecule has 0 radical (unpaired) electrons. The number of methoxy groups -OCH3 is 1. The lowest BCUT2D eigenvalue weighted by Crippen LogP contribution is -2.36. The molecule has 0 saturated heterocycles. The topological polar surface area (TPSA) is 130 Å². The lowest BCUT2D eigenvalue weighted by Gasteiger charge is -2.32. The molecule has 0 N–H and O–H groups in total. The molecule has 2 unspecified atom stereocenters. The number of nitrogens with zero attached hydrogens (tertiary/aromatic N) is 3. The van der Waals surface area contributed by atoms with E-state index in [-0.39, 0.29) is 24.7 Å². The molecule has 40 heavy (non-hydrogen) atoms. The molecule has 2 heterocycles. The fourth-order valence-electron chi connectivity index (χ4n) is 4.87. The Morgan fingerprint density at radius 1 is 1.07 bits per heavy atom. The Balaban J connectivity index is 1.86. The van der Waals surface area contributed by atoms with Crippen LogP contribution in [-0.4, -0.2) is 47.9 Å². The van der Waals surface area contributed by atoms with E-state index >= 15 is 0 Å². The molecule has 11 heteroatoms. The van der Waals surface area contributed by atoms with E-state index in [0.29, 0.717) is 44.4 Å². The standard InChI is InChI=1S/C29H29N3O7S/c1-6-38-28(33)24-16(3)30-17(4)25(29(34)39-7-2)26(24)19-10-8-9-11-20(19)27-31-21(15-40-27)18-12-13-23(37-5)22(14-18)32(35)36/h8-15,24,26H,6-7H2,1-5H3. The summed E-state index contributed by atoms with van der Waals surface area (Å²) in [6, 6.07) is 12.1. The number of carbonyl (C=O) groups excluding carboxylic acids is 2. The first-order valence-electron chi connectivity index (χ1n) is 12.7. The number of benzene rings is 2. The Morgan fingerprint density at radius 3 is 2.48 bits per heavy atom. The second-order valence-electron chi connectivity index (χ2n) is 8.95. The summed E-state index contributed by atoms with van der Waals surface area (Å²) in [5, 5.41) is 14.0. The van der Waals surface area contributed by atoms with Crippen LogP contribution in [0.25, 0.3) is 21.8 Å². The number of nitro benzene ring substituents is 1. The second kappa shape index (κ2) is 12.2. The molecule has 0 amide bonds. The zero-order chi connectivity index (χ0) is 29.0. The van der Waals surface area contributed by atoms with Gasteiger partial charge in [-0.15, -0.1) is 11.3 Å². The van der Waals surface area contributed by atoms with Crippen LogP contribution < -0.4 is 4.74 Å². The molecule has 2 aromatic carbocycles. The highest BCUT2D eigenvalue weighted by molar-refractivity contribution is 7.13. The number of allylic oxidation sites excluding steroid dienone is 1. The molecule has 4 rings (SSSR count). The fraction of sp³-hybridized carbons (Fsp3) is 0.310. The zero-order valence-corrected chi connectivity index (χ0v) is 23.6. The second-order valence-corrected chi connectivity index (χ2v) is 9.81. The largest absolute Gasteiger partial charge is 0.490 e. The van der Waals surface area contributed by atoms with Gasteiger partial charge in [0.1, 0.15) is 10.9 Å². The van der Waals surface area contributed by atoms with E-state index < -0.39 is 28.7 Å². The van der Waals surface area contributed by atoms with E-state index in [1.165, 1.54) is 30.6 Å². The minimum Gasteiger partial charge on any atom is -0.490 e. The quantitative estimate of drug-likeness (QED) is 0.177. The molecule has 3 aromatic rings. The molecule has 0 bridgehead atoms. The van der Waals surface area contributed by atoms with Crippen LogP contribution in [0.4, 0.5) is 5.69 Å². The first-order chi connectivity index (χ1) is 19.2. The highest BCUT2D eigenvalue weighted by Gasteiger charge is 2.43. The average Bonchev–Trinajstić information content (AvgIpc) is 3.42. The lowest BCUT2D eigenvalue weighted by molar-refractivity contribution is -0.385. The molecule has 208 valence electrons. The van der Waals surface area contributed by atoms with Crippen molar-refractivity contribution in [2.45, 2.75) is 33.6 Å². The van der Waals surface area contributed by atoms with Gasteiger partial charge < -0.3 is 14.2 Å². The zero-order valence-electron chi connectivity index (χ0n) is 22.8. The molecule has 0 saturated carbocycles. The molecule has 1 aromatic heterocycles. The summed E-state index contributed by atoms with van der Waals surface area (Å²) in [5.74, 6) is -2.43. The van der Waals surface area contributed by atoms with E-state index in [2.05, 4.69) is 4.99 Å². The summed E-state index contributed by atoms with van der Waals surface area (Å²) in [4.78, 5) is 46.8. The summed E-state index contributed by atoms with van der Waals surface area (Å²) in [7, 11) is 1.38. The van der Waals surface area contributed by atoms with Crippen molar-refractivity contribution >= 4 is 34.7 Å².